The van der Waals surface area contributed by atoms with Gasteiger partial charge in [-0.3, -0.25) is 24.3 Å². The van der Waals surface area contributed by atoms with Gasteiger partial charge in [0.2, 0.25) is 11.8 Å². The molecule has 172 valence electrons. The lowest BCUT2D eigenvalue weighted by atomic mass is 9.77. The number of pyridine rings is 1. The number of benzene rings is 1. The van der Waals surface area contributed by atoms with Crippen LogP contribution in [-0.2, 0) is 20.9 Å². The number of aromatic nitrogens is 1. The van der Waals surface area contributed by atoms with Crippen molar-refractivity contribution in [1.29, 1.82) is 0 Å². The van der Waals surface area contributed by atoms with Gasteiger partial charge in [-0.1, -0.05) is 6.07 Å². The van der Waals surface area contributed by atoms with Crippen LogP contribution >= 0.6 is 0 Å². The van der Waals surface area contributed by atoms with Crippen LogP contribution < -0.4 is 10.6 Å². The molecule has 1 saturated carbocycles. The third-order valence-electron chi connectivity index (χ3n) is 6.06. The third kappa shape index (κ3) is 6.02. The molecule has 0 radical (unpaired) electrons. The van der Waals surface area contributed by atoms with Crippen molar-refractivity contribution in [2.45, 2.75) is 45.4 Å². The molecule has 0 bridgehead atoms. The maximum atomic E-state index is 11.4. The number of rotatable bonds is 4. The number of nitrogens with one attached hydrogen (secondary N) is 2. The fourth-order valence-electron chi connectivity index (χ4n) is 4.84. The number of fused-ring (bicyclic) bond motifs is 2. The number of hydrogen-bond donors (Lipinski definition) is 4. The highest BCUT2D eigenvalue weighted by Crippen LogP contribution is 2.37. The van der Waals surface area contributed by atoms with Gasteiger partial charge in [0.15, 0.2) is 0 Å². The summed E-state index contributed by atoms with van der Waals surface area (Å²) in [4.78, 5) is 38.1. The van der Waals surface area contributed by atoms with Gasteiger partial charge in [0.05, 0.1) is 23.4 Å². The summed E-state index contributed by atoms with van der Waals surface area (Å²) in [6.45, 7) is 5.45. The van der Waals surface area contributed by atoms with E-state index in [0.29, 0.717) is 11.8 Å². The SMILES string of the molecule is CC(=O)Nc1ccc2nc(CN3C[C@H]4C[C@@H](NC(C)=O)[C@H](O)C[C@H]4C3)ccc2c1.O=CO. The van der Waals surface area contributed by atoms with E-state index in [2.05, 4.69) is 15.5 Å². The first-order chi connectivity index (χ1) is 15.3. The average molecular weight is 443 g/mol. The summed E-state index contributed by atoms with van der Waals surface area (Å²) in [6, 6.07) is 9.68. The van der Waals surface area contributed by atoms with E-state index in [-0.39, 0.29) is 24.3 Å². The molecule has 1 aliphatic carbocycles. The minimum absolute atomic E-state index is 0.0793. The van der Waals surface area contributed by atoms with Crippen LogP contribution in [0, 0.1) is 11.8 Å². The highest BCUT2D eigenvalue weighted by Gasteiger charge is 2.41. The van der Waals surface area contributed by atoms with Crippen LogP contribution in [0.4, 0.5) is 5.69 Å². The topological polar surface area (TPSA) is 132 Å². The van der Waals surface area contributed by atoms with Crippen molar-refractivity contribution in [2.75, 3.05) is 18.4 Å². The number of carbonyl (C=O) groups is 3. The van der Waals surface area contributed by atoms with Gasteiger partial charge in [-0.05, 0) is 48.9 Å². The predicted molar refractivity (Wildman–Crippen MR) is 120 cm³/mol. The number of amides is 2. The Morgan fingerprint density at radius 3 is 2.47 bits per heavy atom. The van der Waals surface area contributed by atoms with Crippen molar-refractivity contribution in [3.63, 3.8) is 0 Å². The quantitative estimate of drug-likeness (QED) is 0.529. The number of carboxylic acid groups (broad SMARTS) is 1. The van der Waals surface area contributed by atoms with E-state index in [1.807, 2.05) is 30.3 Å². The lowest BCUT2D eigenvalue weighted by Crippen LogP contribution is -2.48. The number of aliphatic hydroxyl groups excluding tert-OH is 1. The van der Waals surface area contributed by atoms with Crippen LogP contribution in [0.25, 0.3) is 10.9 Å². The highest BCUT2D eigenvalue weighted by atomic mass is 16.3. The van der Waals surface area contributed by atoms with Crippen molar-refractivity contribution in [3.8, 4) is 0 Å². The van der Waals surface area contributed by atoms with Gasteiger partial charge in [0.25, 0.3) is 6.47 Å². The van der Waals surface area contributed by atoms with Gasteiger partial charge >= 0.3 is 0 Å². The Bertz CT molecular complexity index is 982. The number of anilines is 1. The van der Waals surface area contributed by atoms with Gasteiger partial charge < -0.3 is 20.8 Å². The Hall–Kier alpha value is -3.04. The summed E-state index contributed by atoms with van der Waals surface area (Å²) in [5.41, 5.74) is 2.70. The number of hydrogen-bond acceptors (Lipinski definition) is 6. The molecule has 1 aliphatic heterocycles. The van der Waals surface area contributed by atoms with Crippen LogP contribution in [0.2, 0.25) is 0 Å². The van der Waals surface area contributed by atoms with Crippen LogP contribution in [-0.4, -0.2) is 63.6 Å². The maximum Gasteiger partial charge on any atom is 0.290 e. The molecule has 2 amide bonds. The lowest BCUT2D eigenvalue weighted by molar-refractivity contribution is -0.123. The number of nitrogens with zero attached hydrogens (tertiary/aromatic N) is 2. The minimum atomic E-state index is -0.461. The third-order valence-corrected chi connectivity index (χ3v) is 6.06. The van der Waals surface area contributed by atoms with E-state index in [1.54, 1.807) is 0 Å². The second-order valence-corrected chi connectivity index (χ2v) is 8.56. The molecule has 32 heavy (non-hydrogen) atoms. The normalized spacial score (nSPS) is 24.7. The Kier molecular flexibility index (Phi) is 7.76. The monoisotopic (exact) mass is 442 g/mol. The van der Waals surface area contributed by atoms with Gasteiger partial charge in [-0.25, -0.2) is 0 Å². The van der Waals surface area contributed by atoms with Gasteiger partial charge in [0.1, 0.15) is 0 Å². The molecule has 0 unspecified atom stereocenters. The molecule has 2 fully saturated rings. The van der Waals surface area contributed by atoms with Crippen LogP contribution in [0.5, 0.6) is 0 Å². The molecule has 4 N–H and O–H groups in total. The van der Waals surface area contributed by atoms with Crippen molar-refractivity contribution in [2.24, 2.45) is 11.8 Å². The van der Waals surface area contributed by atoms with Gasteiger partial charge in [0, 0.05) is 44.6 Å². The standard InChI is InChI=1S/C22H28N4O3.CH2O2/c1-13(27)23-18-5-6-20-15(7-18)3-4-19(25-20)12-26-10-16-8-21(24-14(2)28)22(29)9-17(16)11-26;2-1-3/h3-7,16-17,21-22,29H,8-12H2,1-2H3,(H,23,27)(H,24,28);1H,(H,2,3)/t16-,17+,21-,22-;/m1./s1. The molecular formula is C23H30N4O5. The molecule has 1 aromatic heterocycles. The fraction of sp³-hybridized carbons (Fsp3) is 0.478. The number of likely N-dealkylation sites (tertiary alicyclic amines) is 1. The first-order valence-corrected chi connectivity index (χ1v) is 10.7. The molecule has 2 aliphatic rings. The number of carbonyl (C=O) groups excluding carboxylic acids is 2. The molecule has 9 heteroatoms. The van der Waals surface area contributed by atoms with Gasteiger partial charge in [-0.2, -0.15) is 0 Å². The Labute approximate surface area is 186 Å². The molecule has 2 heterocycles. The Morgan fingerprint density at radius 2 is 1.81 bits per heavy atom. The summed E-state index contributed by atoms with van der Waals surface area (Å²) in [7, 11) is 0. The maximum absolute atomic E-state index is 11.4. The summed E-state index contributed by atoms with van der Waals surface area (Å²) in [6.07, 6.45) is 1.11. The number of aliphatic hydroxyl groups is 1. The predicted octanol–water partition coefficient (Wildman–Crippen LogP) is 1.60. The molecule has 2 aromatic rings. The summed E-state index contributed by atoms with van der Waals surface area (Å²) >= 11 is 0. The summed E-state index contributed by atoms with van der Waals surface area (Å²) in [5, 5.41) is 23.9. The molecule has 4 atom stereocenters. The first-order valence-electron chi connectivity index (χ1n) is 10.7. The average Bonchev–Trinajstić information content (AvgIpc) is 3.09. The molecule has 0 spiro atoms. The summed E-state index contributed by atoms with van der Waals surface area (Å²) < 4.78 is 0. The van der Waals surface area contributed by atoms with E-state index in [1.165, 1.54) is 13.8 Å². The zero-order valence-electron chi connectivity index (χ0n) is 18.3. The van der Waals surface area contributed by atoms with E-state index in [0.717, 1.165) is 54.8 Å². The summed E-state index contributed by atoms with van der Waals surface area (Å²) in [5.74, 6) is 0.797. The van der Waals surface area contributed by atoms with Crippen molar-refractivity contribution < 1.29 is 24.6 Å². The van der Waals surface area contributed by atoms with E-state index in [9.17, 15) is 14.7 Å². The van der Waals surface area contributed by atoms with Crippen LogP contribution in [0.3, 0.4) is 0 Å². The van der Waals surface area contributed by atoms with Gasteiger partial charge in [-0.15, -0.1) is 0 Å². The second kappa shape index (κ2) is 10.5. The molecule has 9 nitrogen and oxygen atoms in total. The first kappa shape index (κ1) is 23.6. The van der Waals surface area contributed by atoms with Crippen LogP contribution in [0.1, 0.15) is 32.4 Å². The van der Waals surface area contributed by atoms with Crippen molar-refractivity contribution in [3.05, 3.63) is 36.0 Å². The zero-order chi connectivity index (χ0) is 23.3. The fourth-order valence-corrected chi connectivity index (χ4v) is 4.84. The Balaban J connectivity index is 0.000000913. The smallest absolute Gasteiger partial charge is 0.290 e. The van der Waals surface area contributed by atoms with Crippen molar-refractivity contribution in [1.82, 2.24) is 15.2 Å². The molecule has 4 rings (SSSR count). The zero-order valence-corrected chi connectivity index (χ0v) is 18.3. The molecular weight excluding hydrogens is 412 g/mol. The second-order valence-electron chi connectivity index (χ2n) is 8.56. The molecule has 1 aromatic carbocycles. The lowest BCUT2D eigenvalue weighted by Gasteiger charge is -2.35. The van der Waals surface area contributed by atoms with E-state index < -0.39 is 6.10 Å². The minimum Gasteiger partial charge on any atom is -0.483 e. The largest absolute Gasteiger partial charge is 0.483 e. The van der Waals surface area contributed by atoms with Crippen LogP contribution in [0.15, 0.2) is 30.3 Å². The van der Waals surface area contributed by atoms with E-state index in [4.69, 9.17) is 14.9 Å². The Morgan fingerprint density at radius 1 is 1.12 bits per heavy atom. The molecule has 1 saturated heterocycles. The van der Waals surface area contributed by atoms with Crippen molar-refractivity contribution >= 4 is 34.9 Å². The van der Waals surface area contributed by atoms with E-state index >= 15 is 0 Å². The highest BCUT2D eigenvalue weighted by molar-refractivity contribution is 5.92.